The number of hydrogen-bond acceptors (Lipinski definition) is 4. The molecule has 0 heterocycles. The number of nitrogens with one attached hydrogen (secondary N) is 1. The largest absolute Gasteiger partial charge is 0.408 e. The molecular weight excluding hydrogens is 349 g/mol. The molecule has 0 aromatic heterocycles. The van der Waals surface area contributed by atoms with Crippen LogP contribution in [0, 0.1) is 10.1 Å². The second-order valence-corrected chi connectivity index (χ2v) is 6.47. The van der Waals surface area contributed by atoms with Crippen molar-refractivity contribution in [2.24, 2.45) is 0 Å². The molecule has 6 nitrogen and oxygen atoms in total. The van der Waals surface area contributed by atoms with E-state index in [0.29, 0.717) is 0 Å². The van der Waals surface area contributed by atoms with Crippen molar-refractivity contribution in [1.82, 2.24) is 4.72 Å². The van der Waals surface area contributed by atoms with Crippen molar-refractivity contribution in [1.29, 1.82) is 0 Å². The van der Waals surface area contributed by atoms with Crippen LogP contribution in [0.5, 0.6) is 0 Å². The molecule has 2 rings (SSSR count). The molecule has 0 radical (unpaired) electrons. The second-order valence-electron chi connectivity index (χ2n) is 4.76. The van der Waals surface area contributed by atoms with Crippen molar-refractivity contribution in [3.8, 4) is 0 Å². The Labute approximate surface area is 135 Å². The van der Waals surface area contributed by atoms with Gasteiger partial charge in [-0.1, -0.05) is 30.3 Å². The molecule has 2 aromatic rings. The molecule has 0 aliphatic heterocycles. The van der Waals surface area contributed by atoms with Crippen LogP contribution in [-0.2, 0) is 10.0 Å². The van der Waals surface area contributed by atoms with Crippen molar-refractivity contribution in [2.45, 2.75) is 17.1 Å². The molecule has 2 aromatic carbocycles. The van der Waals surface area contributed by atoms with Crippen LogP contribution in [-0.4, -0.2) is 19.5 Å². The number of benzene rings is 2. The zero-order valence-corrected chi connectivity index (χ0v) is 12.7. The van der Waals surface area contributed by atoms with Gasteiger partial charge in [-0.25, -0.2) is 8.42 Å². The lowest BCUT2D eigenvalue weighted by atomic mass is 10.1. The molecule has 0 fully saturated rings. The second kappa shape index (κ2) is 6.57. The number of sulfonamides is 1. The Hall–Kier alpha value is -2.46. The van der Waals surface area contributed by atoms with E-state index in [1.54, 1.807) is 4.72 Å². The zero-order chi connectivity index (χ0) is 18.0. The molecule has 0 spiro atoms. The van der Waals surface area contributed by atoms with Crippen LogP contribution in [0.25, 0.3) is 0 Å². The van der Waals surface area contributed by atoms with Crippen LogP contribution in [0.15, 0.2) is 59.5 Å². The third kappa shape index (κ3) is 4.09. The predicted molar refractivity (Wildman–Crippen MR) is 78.7 cm³/mol. The molecule has 1 atom stereocenters. The van der Waals surface area contributed by atoms with E-state index in [9.17, 15) is 31.7 Å². The SMILES string of the molecule is O=[N+]([O-])c1ccc(S(=O)(=O)NC(c2ccccc2)C(F)(F)F)cc1. The molecule has 0 saturated heterocycles. The molecule has 0 saturated carbocycles. The summed E-state index contributed by atoms with van der Waals surface area (Å²) in [6.07, 6.45) is -4.85. The highest BCUT2D eigenvalue weighted by molar-refractivity contribution is 7.89. The monoisotopic (exact) mass is 360 g/mol. The van der Waals surface area contributed by atoms with Crippen molar-refractivity contribution in [3.05, 3.63) is 70.3 Å². The highest BCUT2D eigenvalue weighted by Crippen LogP contribution is 2.34. The topological polar surface area (TPSA) is 89.3 Å². The van der Waals surface area contributed by atoms with E-state index in [2.05, 4.69) is 0 Å². The fourth-order valence-corrected chi connectivity index (χ4v) is 3.15. The lowest BCUT2D eigenvalue weighted by molar-refractivity contribution is -0.384. The third-order valence-electron chi connectivity index (χ3n) is 3.09. The summed E-state index contributed by atoms with van der Waals surface area (Å²) in [5, 5.41) is 10.5. The zero-order valence-electron chi connectivity index (χ0n) is 11.9. The minimum Gasteiger partial charge on any atom is -0.258 e. The Morgan fingerprint density at radius 2 is 1.54 bits per heavy atom. The van der Waals surface area contributed by atoms with Gasteiger partial charge in [0.1, 0.15) is 6.04 Å². The minimum atomic E-state index is -4.85. The van der Waals surface area contributed by atoms with Gasteiger partial charge < -0.3 is 0 Å². The molecule has 0 aliphatic carbocycles. The van der Waals surface area contributed by atoms with E-state index >= 15 is 0 Å². The highest BCUT2D eigenvalue weighted by atomic mass is 32.2. The summed E-state index contributed by atoms with van der Waals surface area (Å²) in [6.45, 7) is 0. The van der Waals surface area contributed by atoms with Gasteiger partial charge in [-0.2, -0.15) is 17.9 Å². The van der Waals surface area contributed by atoms with Crippen molar-refractivity contribution in [3.63, 3.8) is 0 Å². The van der Waals surface area contributed by atoms with Gasteiger partial charge in [-0.3, -0.25) is 10.1 Å². The summed E-state index contributed by atoms with van der Waals surface area (Å²) in [4.78, 5) is 9.30. The normalized spacial score (nSPS) is 13.5. The summed E-state index contributed by atoms with van der Waals surface area (Å²) in [7, 11) is -4.53. The van der Waals surface area contributed by atoms with E-state index in [0.717, 1.165) is 36.4 Å². The molecule has 0 aliphatic rings. The molecule has 128 valence electrons. The lowest BCUT2D eigenvalue weighted by Crippen LogP contribution is -2.38. The smallest absolute Gasteiger partial charge is 0.258 e. The van der Waals surface area contributed by atoms with Crippen LogP contribution >= 0.6 is 0 Å². The number of alkyl halides is 3. The predicted octanol–water partition coefficient (Wildman–Crippen LogP) is 3.18. The summed E-state index contributed by atoms with van der Waals surface area (Å²) in [5.74, 6) is 0. The van der Waals surface area contributed by atoms with Gasteiger partial charge in [0.15, 0.2) is 0 Å². The Bertz CT molecular complexity index is 821. The highest BCUT2D eigenvalue weighted by Gasteiger charge is 2.43. The van der Waals surface area contributed by atoms with Gasteiger partial charge in [0.25, 0.3) is 5.69 Å². The molecule has 1 N–H and O–H groups in total. The van der Waals surface area contributed by atoms with E-state index in [1.165, 1.54) is 18.2 Å². The van der Waals surface area contributed by atoms with Crippen molar-refractivity contribution < 1.29 is 26.5 Å². The Balaban J connectivity index is 2.36. The van der Waals surface area contributed by atoms with Crippen molar-refractivity contribution >= 4 is 15.7 Å². The van der Waals surface area contributed by atoms with Crippen LogP contribution < -0.4 is 4.72 Å². The fraction of sp³-hybridized carbons (Fsp3) is 0.143. The Morgan fingerprint density at radius 1 is 1.00 bits per heavy atom. The summed E-state index contributed by atoms with van der Waals surface area (Å²) >= 11 is 0. The van der Waals surface area contributed by atoms with E-state index in [4.69, 9.17) is 0 Å². The van der Waals surface area contributed by atoms with Gasteiger partial charge in [-0.15, -0.1) is 0 Å². The quantitative estimate of drug-likeness (QED) is 0.655. The fourth-order valence-electron chi connectivity index (χ4n) is 1.94. The number of non-ortho nitro benzene ring substituents is 1. The number of nitro benzene ring substituents is 1. The number of rotatable bonds is 5. The number of nitro groups is 1. The standard InChI is InChI=1S/C14H11F3N2O4S/c15-14(16,17)13(10-4-2-1-3-5-10)18-24(22,23)12-8-6-11(7-9-12)19(20)21/h1-9,13,18H. The van der Waals surface area contributed by atoms with Crippen LogP contribution in [0.3, 0.4) is 0 Å². The van der Waals surface area contributed by atoms with Gasteiger partial charge in [0.2, 0.25) is 10.0 Å². The first-order chi connectivity index (χ1) is 11.1. The van der Waals surface area contributed by atoms with Crippen LogP contribution in [0.1, 0.15) is 11.6 Å². The van der Waals surface area contributed by atoms with Gasteiger partial charge >= 0.3 is 6.18 Å². The maximum absolute atomic E-state index is 13.2. The summed E-state index contributed by atoms with van der Waals surface area (Å²) in [6, 6.07) is 7.63. The Morgan fingerprint density at radius 3 is 2.00 bits per heavy atom. The molecule has 0 amide bonds. The first-order valence-corrected chi connectivity index (χ1v) is 7.98. The van der Waals surface area contributed by atoms with Gasteiger partial charge in [-0.05, 0) is 17.7 Å². The first-order valence-electron chi connectivity index (χ1n) is 6.50. The first kappa shape index (κ1) is 17.9. The number of nitrogens with zero attached hydrogens (tertiary/aromatic N) is 1. The molecular formula is C14H11F3N2O4S. The van der Waals surface area contributed by atoms with Gasteiger partial charge in [0.05, 0.1) is 9.82 Å². The van der Waals surface area contributed by atoms with Gasteiger partial charge in [0, 0.05) is 12.1 Å². The third-order valence-corrected chi connectivity index (χ3v) is 4.53. The average Bonchev–Trinajstić information content (AvgIpc) is 2.52. The lowest BCUT2D eigenvalue weighted by Gasteiger charge is -2.22. The average molecular weight is 360 g/mol. The maximum Gasteiger partial charge on any atom is 0.408 e. The molecule has 24 heavy (non-hydrogen) atoms. The van der Waals surface area contributed by atoms with E-state index in [-0.39, 0.29) is 11.3 Å². The van der Waals surface area contributed by atoms with E-state index in [1.807, 2.05) is 0 Å². The Kier molecular flexibility index (Phi) is 4.90. The van der Waals surface area contributed by atoms with Crippen LogP contribution in [0.4, 0.5) is 18.9 Å². The summed E-state index contributed by atoms with van der Waals surface area (Å²) in [5.41, 5.74) is -0.639. The van der Waals surface area contributed by atoms with Crippen molar-refractivity contribution in [2.75, 3.05) is 0 Å². The summed E-state index contributed by atoms with van der Waals surface area (Å²) < 4.78 is 65.5. The minimum absolute atomic E-state index is 0.268. The molecule has 0 bridgehead atoms. The maximum atomic E-state index is 13.2. The van der Waals surface area contributed by atoms with Crippen LogP contribution in [0.2, 0.25) is 0 Å². The number of halogens is 3. The molecule has 10 heteroatoms. The number of hydrogen-bond donors (Lipinski definition) is 1. The van der Waals surface area contributed by atoms with E-state index < -0.39 is 32.1 Å². The molecule has 1 unspecified atom stereocenters.